The molecule has 0 bridgehead atoms. The molecule has 0 aliphatic heterocycles. The molecule has 0 radical (unpaired) electrons. The van der Waals surface area contributed by atoms with Crippen LogP contribution < -0.4 is 5.32 Å². The van der Waals surface area contributed by atoms with Crippen LogP contribution in [0.25, 0.3) is 11.1 Å². The minimum Gasteiger partial charge on any atom is -0.309 e. The van der Waals surface area contributed by atoms with Crippen LogP contribution in [0.1, 0.15) is 31.6 Å². The Kier molecular flexibility index (Phi) is 4.97. The predicted octanol–water partition coefficient (Wildman–Crippen LogP) is 4.69. The maximum atomic E-state index is 3.58. The summed E-state index contributed by atoms with van der Waals surface area (Å²) >= 11 is 1.84. The van der Waals surface area contributed by atoms with E-state index in [0.717, 1.165) is 6.54 Å². The number of benzene rings is 1. The first kappa shape index (κ1) is 13.3. The highest BCUT2D eigenvalue weighted by Gasteiger charge is 2.04. The lowest BCUT2D eigenvalue weighted by Crippen LogP contribution is -2.24. The largest absolute Gasteiger partial charge is 0.309 e. The van der Waals surface area contributed by atoms with Crippen molar-refractivity contribution in [3.05, 3.63) is 46.7 Å². The van der Waals surface area contributed by atoms with Crippen LogP contribution in [0.3, 0.4) is 0 Å². The molecule has 2 aromatic rings. The zero-order chi connectivity index (χ0) is 12.8. The van der Waals surface area contributed by atoms with E-state index in [1.54, 1.807) is 0 Å². The first-order valence-corrected chi connectivity index (χ1v) is 7.53. The SMILES string of the molecule is CCCC(C)NCc1cc(-c2ccccc2)cs1. The number of hydrogen-bond acceptors (Lipinski definition) is 2. The van der Waals surface area contributed by atoms with Crippen LogP contribution in [0.15, 0.2) is 41.8 Å². The van der Waals surface area contributed by atoms with E-state index in [0.29, 0.717) is 6.04 Å². The Morgan fingerprint density at radius 3 is 2.67 bits per heavy atom. The van der Waals surface area contributed by atoms with Crippen LogP contribution in [0.2, 0.25) is 0 Å². The van der Waals surface area contributed by atoms with E-state index in [9.17, 15) is 0 Å². The Morgan fingerprint density at radius 2 is 1.94 bits per heavy atom. The Labute approximate surface area is 114 Å². The lowest BCUT2D eigenvalue weighted by Gasteiger charge is -2.11. The van der Waals surface area contributed by atoms with Crippen molar-refractivity contribution in [3.8, 4) is 11.1 Å². The van der Waals surface area contributed by atoms with Gasteiger partial charge in [0.25, 0.3) is 0 Å². The van der Waals surface area contributed by atoms with E-state index in [-0.39, 0.29) is 0 Å². The third kappa shape index (κ3) is 3.69. The molecule has 1 aromatic heterocycles. The molecule has 0 saturated heterocycles. The Morgan fingerprint density at radius 1 is 1.17 bits per heavy atom. The fourth-order valence-electron chi connectivity index (χ4n) is 2.07. The summed E-state index contributed by atoms with van der Waals surface area (Å²) in [4.78, 5) is 1.41. The van der Waals surface area contributed by atoms with E-state index in [2.05, 4.69) is 60.9 Å². The topological polar surface area (TPSA) is 12.0 Å². The van der Waals surface area contributed by atoms with Crippen molar-refractivity contribution >= 4 is 11.3 Å². The minimum atomic E-state index is 0.609. The summed E-state index contributed by atoms with van der Waals surface area (Å²) < 4.78 is 0. The molecule has 0 amide bonds. The van der Waals surface area contributed by atoms with Crippen LogP contribution in [-0.2, 0) is 6.54 Å². The van der Waals surface area contributed by atoms with Crippen LogP contribution in [0, 0.1) is 0 Å². The highest BCUT2D eigenvalue weighted by molar-refractivity contribution is 7.10. The molecule has 0 aliphatic carbocycles. The molecule has 1 N–H and O–H groups in total. The predicted molar refractivity (Wildman–Crippen MR) is 81.0 cm³/mol. The molecule has 96 valence electrons. The first-order chi connectivity index (χ1) is 8.79. The van der Waals surface area contributed by atoms with E-state index in [1.807, 2.05) is 11.3 Å². The summed E-state index contributed by atoms with van der Waals surface area (Å²) in [5.41, 5.74) is 2.64. The summed E-state index contributed by atoms with van der Waals surface area (Å²) in [6.45, 7) is 5.48. The third-order valence-electron chi connectivity index (χ3n) is 3.11. The van der Waals surface area contributed by atoms with E-state index in [1.165, 1.54) is 28.8 Å². The monoisotopic (exact) mass is 259 g/mol. The molecule has 18 heavy (non-hydrogen) atoms. The smallest absolute Gasteiger partial charge is 0.0302 e. The minimum absolute atomic E-state index is 0.609. The first-order valence-electron chi connectivity index (χ1n) is 6.66. The summed E-state index contributed by atoms with van der Waals surface area (Å²) in [6.07, 6.45) is 2.49. The van der Waals surface area contributed by atoms with Gasteiger partial charge in [0.05, 0.1) is 0 Å². The average molecular weight is 259 g/mol. The molecule has 2 rings (SSSR count). The molecule has 0 spiro atoms. The van der Waals surface area contributed by atoms with Crippen molar-refractivity contribution in [3.63, 3.8) is 0 Å². The average Bonchev–Trinajstić information content (AvgIpc) is 2.87. The Bertz CT molecular complexity index is 461. The quantitative estimate of drug-likeness (QED) is 0.793. The fourth-order valence-corrected chi connectivity index (χ4v) is 2.91. The second-order valence-electron chi connectivity index (χ2n) is 4.74. The molecule has 1 aromatic carbocycles. The number of rotatable bonds is 6. The number of hydrogen-bond donors (Lipinski definition) is 1. The van der Waals surface area contributed by atoms with Crippen molar-refractivity contribution in [2.75, 3.05) is 0 Å². The molecule has 1 heterocycles. The molecule has 2 heteroatoms. The molecule has 0 aliphatic rings. The van der Waals surface area contributed by atoms with E-state index < -0.39 is 0 Å². The number of thiophene rings is 1. The maximum absolute atomic E-state index is 3.58. The van der Waals surface area contributed by atoms with Gasteiger partial charge in [0, 0.05) is 17.5 Å². The van der Waals surface area contributed by atoms with Gasteiger partial charge >= 0.3 is 0 Å². The molecule has 1 unspecified atom stereocenters. The Hall–Kier alpha value is -1.12. The van der Waals surface area contributed by atoms with Gasteiger partial charge in [0.2, 0.25) is 0 Å². The molecule has 0 fully saturated rings. The maximum Gasteiger partial charge on any atom is 0.0302 e. The highest BCUT2D eigenvalue weighted by atomic mass is 32.1. The van der Waals surface area contributed by atoms with Crippen molar-refractivity contribution in [2.45, 2.75) is 39.3 Å². The zero-order valence-corrected chi connectivity index (χ0v) is 12.0. The molecule has 0 saturated carbocycles. The standard InChI is InChI=1S/C16H21NS/c1-3-7-13(2)17-11-16-10-15(12-18-16)14-8-5-4-6-9-14/h4-6,8-10,12-13,17H,3,7,11H2,1-2H3. The fraction of sp³-hybridized carbons (Fsp3) is 0.375. The molecule has 1 atom stereocenters. The third-order valence-corrected chi connectivity index (χ3v) is 4.04. The second kappa shape index (κ2) is 6.72. The zero-order valence-electron chi connectivity index (χ0n) is 11.1. The Balaban J connectivity index is 1.95. The van der Waals surface area contributed by atoms with Gasteiger partial charge in [-0.05, 0) is 35.9 Å². The van der Waals surface area contributed by atoms with Gasteiger partial charge in [-0.3, -0.25) is 0 Å². The van der Waals surface area contributed by atoms with Crippen LogP contribution in [0.4, 0.5) is 0 Å². The van der Waals surface area contributed by atoms with Gasteiger partial charge in [-0.1, -0.05) is 43.7 Å². The van der Waals surface area contributed by atoms with Gasteiger partial charge in [0.15, 0.2) is 0 Å². The summed E-state index contributed by atoms with van der Waals surface area (Å²) in [7, 11) is 0. The van der Waals surface area contributed by atoms with Gasteiger partial charge in [-0.2, -0.15) is 0 Å². The number of nitrogens with one attached hydrogen (secondary N) is 1. The summed E-state index contributed by atoms with van der Waals surface area (Å²) in [5, 5.41) is 5.82. The van der Waals surface area contributed by atoms with Crippen molar-refractivity contribution in [1.29, 1.82) is 0 Å². The lowest BCUT2D eigenvalue weighted by molar-refractivity contribution is 0.511. The van der Waals surface area contributed by atoms with Crippen LogP contribution >= 0.6 is 11.3 Å². The van der Waals surface area contributed by atoms with Gasteiger partial charge in [-0.15, -0.1) is 11.3 Å². The van der Waals surface area contributed by atoms with Crippen molar-refractivity contribution in [1.82, 2.24) is 5.32 Å². The van der Waals surface area contributed by atoms with E-state index in [4.69, 9.17) is 0 Å². The van der Waals surface area contributed by atoms with Gasteiger partial charge < -0.3 is 5.32 Å². The van der Waals surface area contributed by atoms with Crippen molar-refractivity contribution < 1.29 is 0 Å². The summed E-state index contributed by atoms with van der Waals surface area (Å²) in [6, 6.07) is 13.5. The highest BCUT2D eigenvalue weighted by Crippen LogP contribution is 2.25. The van der Waals surface area contributed by atoms with Gasteiger partial charge in [-0.25, -0.2) is 0 Å². The summed E-state index contributed by atoms with van der Waals surface area (Å²) in [5.74, 6) is 0. The van der Waals surface area contributed by atoms with E-state index >= 15 is 0 Å². The normalized spacial score (nSPS) is 12.6. The molecular formula is C16H21NS. The van der Waals surface area contributed by atoms with Crippen molar-refractivity contribution in [2.24, 2.45) is 0 Å². The van der Waals surface area contributed by atoms with Crippen LogP contribution in [-0.4, -0.2) is 6.04 Å². The molecular weight excluding hydrogens is 238 g/mol. The van der Waals surface area contributed by atoms with Gasteiger partial charge in [0.1, 0.15) is 0 Å². The lowest BCUT2D eigenvalue weighted by atomic mass is 10.1. The second-order valence-corrected chi connectivity index (χ2v) is 5.73. The molecule has 1 nitrogen and oxygen atoms in total. The van der Waals surface area contributed by atoms with Crippen LogP contribution in [0.5, 0.6) is 0 Å².